The minimum absolute atomic E-state index is 0.250. The first-order valence-corrected chi connectivity index (χ1v) is 7.51. The van der Waals surface area contributed by atoms with Gasteiger partial charge in [-0.1, -0.05) is 29.8 Å². The average molecular weight is 276 g/mol. The highest BCUT2D eigenvalue weighted by Crippen LogP contribution is 2.34. The lowest BCUT2D eigenvalue weighted by atomic mass is 9.97. The first-order chi connectivity index (χ1) is 9.72. The minimum atomic E-state index is -0.379. The van der Waals surface area contributed by atoms with Gasteiger partial charge in [0.15, 0.2) is 5.79 Å². The van der Waals surface area contributed by atoms with E-state index in [1.54, 1.807) is 0 Å². The molecule has 1 spiro atoms. The molecule has 0 radical (unpaired) electrons. The molecule has 2 saturated heterocycles. The second-order valence-corrected chi connectivity index (χ2v) is 5.85. The van der Waals surface area contributed by atoms with Crippen LogP contribution in [0.2, 0.25) is 0 Å². The predicted molar refractivity (Wildman–Crippen MR) is 78.4 cm³/mol. The second-order valence-electron chi connectivity index (χ2n) is 5.85. The molecule has 1 unspecified atom stereocenters. The summed E-state index contributed by atoms with van der Waals surface area (Å²) in [4.78, 5) is 2.42. The molecule has 1 atom stereocenters. The summed E-state index contributed by atoms with van der Waals surface area (Å²) in [5.74, 6) is -0.379. The average Bonchev–Trinajstić information content (AvgIpc) is 2.88. The molecule has 1 aromatic carbocycles. The van der Waals surface area contributed by atoms with Crippen molar-refractivity contribution < 1.29 is 9.47 Å². The summed E-state index contributed by atoms with van der Waals surface area (Å²) in [7, 11) is 0. The molecule has 20 heavy (non-hydrogen) atoms. The van der Waals surface area contributed by atoms with E-state index >= 15 is 0 Å². The maximum atomic E-state index is 6.05. The number of nitrogens with two attached hydrogens (primary N) is 1. The van der Waals surface area contributed by atoms with Crippen molar-refractivity contribution in [2.75, 3.05) is 32.8 Å². The molecule has 2 aliphatic heterocycles. The molecule has 0 amide bonds. The smallest absolute Gasteiger partial charge is 0.181 e. The van der Waals surface area contributed by atoms with Crippen molar-refractivity contribution in [3.63, 3.8) is 0 Å². The molecule has 0 aliphatic carbocycles. The van der Waals surface area contributed by atoms with Crippen LogP contribution in [-0.2, 0) is 9.47 Å². The Balaban J connectivity index is 1.78. The van der Waals surface area contributed by atoms with E-state index in [2.05, 4.69) is 36.1 Å². The molecule has 2 N–H and O–H groups in total. The fourth-order valence-corrected chi connectivity index (χ4v) is 3.39. The Hall–Kier alpha value is -0.940. The minimum Gasteiger partial charge on any atom is -0.346 e. The number of aryl methyl sites for hydroxylation is 1. The summed E-state index contributed by atoms with van der Waals surface area (Å²) < 4.78 is 11.7. The monoisotopic (exact) mass is 276 g/mol. The van der Waals surface area contributed by atoms with Gasteiger partial charge in [-0.3, -0.25) is 4.90 Å². The number of hydrogen-bond acceptors (Lipinski definition) is 4. The Kier molecular flexibility index (Phi) is 4.08. The van der Waals surface area contributed by atoms with Crippen LogP contribution in [0.15, 0.2) is 24.3 Å². The van der Waals surface area contributed by atoms with Crippen LogP contribution in [0.3, 0.4) is 0 Å². The summed E-state index contributed by atoms with van der Waals surface area (Å²) in [5.41, 5.74) is 8.62. The van der Waals surface area contributed by atoms with Crippen molar-refractivity contribution in [2.45, 2.75) is 31.6 Å². The van der Waals surface area contributed by atoms with E-state index < -0.39 is 0 Å². The lowest BCUT2D eigenvalue weighted by Gasteiger charge is -2.42. The van der Waals surface area contributed by atoms with E-state index in [9.17, 15) is 0 Å². The maximum Gasteiger partial charge on any atom is 0.181 e. The number of nitrogens with zero attached hydrogens (tertiary/aromatic N) is 1. The Labute approximate surface area is 120 Å². The third-order valence-corrected chi connectivity index (χ3v) is 4.35. The zero-order chi connectivity index (χ0) is 14.0. The molecule has 1 aromatic rings. The summed E-state index contributed by atoms with van der Waals surface area (Å²) in [6, 6.07) is 8.88. The Morgan fingerprint density at radius 3 is 2.85 bits per heavy atom. The Morgan fingerprint density at radius 2 is 2.15 bits per heavy atom. The molecule has 2 fully saturated rings. The van der Waals surface area contributed by atoms with Crippen molar-refractivity contribution in [1.29, 1.82) is 0 Å². The molecule has 4 heteroatoms. The van der Waals surface area contributed by atoms with Gasteiger partial charge in [0.1, 0.15) is 0 Å². The van der Waals surface area contributed by atoms with Crippen molar-refractivity contribution in [1.82, 2.24) is 4.90 Å². The molecule has 110 valence electrons. The van der Waals surface area contributed by atoms with Crippen LogP contribution in [0.4, 0.5) is 0 Å². The third kappa shape index (κ3) is 2.74. The Bertz CT molecular complexity index is 458. The first-order valence-electron chi connectivity index (χ1n) is 7.51. The van der Waals surface area contributed by atoms with Gasteiger partial charge in [0.05, 0.1) is 19.8 Å². The molecule has 0 saturated carbocycles. The van der Waals surface area contributed by atoms with Gasteiger partial charge in [0, 0.05) is 19.0 Å². The normalized spacial score (nSPS) is 24.1. The van der Waals surface area contributed by atoms with Crippen LogP contribution in [0.5, 0.6) is 0 Å². The van der Waals surface area contributed by atoms with Crippen molar-refractivity contribution in [3.8, 4) is 0 Å². The highest BCUT2D eigenvalue weighted by molar-refractivity contribution is 5.25. The van der Waals surface area contributed by atoms with Crippen LogP contribution in [-0.4, -0.2) is 43.5 Å². The van der Waals surface area contributed by atoms with Crippen molar-refractivity contribution in [3.05, 3.63) is 35.4 Å². The fourth-order valence-electron chi connectivity index (χ4n) is 3.39. The lowest BCUT2D eigenvalue weighted by molar-refractivity contribution is -0.193. The predicted octanol–water partition coefficient (Wildman–Crippen LogP) is 1.83. The highest BCUT2D eigenvalue weighted by Gasteiger charge is 2.42. The SMILES string of the molecule is Cc1cccc(C(CN)N2CCCC3(C2)OCCO3)c1. The molecule has 3 rings (SSSR count). The zero-order valence-electron chi connectivity index (χ0n) is 12.2. The van der Waals surface area contributed by atoms with Crippen LogP contribution in [0.1, 0.15) is 30.0 Å². The van der Waals surface area contributed by atoms with Gasteiger partial charge in [-0.05, 0) is 25.5 Å². The van der Waals surface area contributed by atoms with Crippen molar-refractivity contribution >= 4 is 0 Å². The maximum absolute atomic E-state index is 6.05. The Morgan fingerprint density at radius 1 is 1.35 bits per heavy atom. The standard InChI is InChI=1S/C16H24N2O2/c1-13-4-2-5-14(10-13)15(11-17)18-7-3-6-16(12-18)19-8-9-20-16/h2,4-5,10,15H,3,6-9,11-12,17H2,1H3. The van der Waals surface area contributed by atoms with E-state index in [1.165, 1.54) is 11.1 Å². The number of ether oxygens (including phenoxy) is 2. The van der Waals surface area contributed by atoms with Gasteiger partial charge in [-0.25, -0.2) is 0 Å². The van der Waals surface area contributed by atoms with Crippen molar-refractivity contribution in [2.24, 2.45) is 5.73 Å². The summed E-state index contributed by atoms with van der Waals surface area (Å²) in [6.07, 6.45) is 2.09. The van der Waals surface area contributed by atoms with E-state index in [0.717, 1.165) is 25.9 Å². The quantitative estimate of drug-likeness (QED) is 0.915. The number of likely N-dealkylation sites (tertiary alicyclic amines) is 1. The third-order valence-electron chi connectivity index (χ3n) is 4.35. The van der Waals surface area contributed by atoms with Crippen LogP contribution in [0, 0.1) is 6.92 Å². The van der Waals surface area contributed by atoms with Gasteiger partial charge in [0.2, 0.25) is 0 Å². The fraction of sp³-hybridized carbons (Fsp3) is 0.625. The summed E-state index contributed by atoms with van der Waals surface area (Å²) >= 11 is 0. The van der Waals surface area contributed by atoms with E-state index in [-0.39, 0.29) is 11.8 Å². The number of rotatable bonds is 3. The van der Waals surface area contributed by atoms with Gasteiger partial charge in [0.25, 0.3) is 0 Å². The van der Waals surface area contributed by atoms with E-state index in [0.29, 0.717) is 19.8 Å². The molecule has 4 nitrogen and oxygen atoms in total. The molecule has 0 aromatic heterocycles. The molecule has 2 aliphatic rings. The van der Waals surface area contributed by atoms with Gasteiger partial charge in [-0.2, -0.15) is 0 Å². The number of hydrogen-bond donors (Lipinski definition) is 1. The lowest BCUT2D eigenvalue weighted by Crippen LogP contribution is -2.51. The van der Waals surface area contributed by atoms with Gasteiger partial charge >= 0.3 is 0 Å². The number of benzene rings is 1. The molecular weight excluding hydrogens is 252 g/mol. The van der Waals surface area contributed by atoms with E-state index in [4.69, 9.17) is 15.2 Å². The second kappa shape index (κ2) is 5.82. The van der Waals surface area contributed by atoms with Crippen LogP contribution >= 0.6 is 0 Å². The number of piperidine rings is 1. The van der Waals surface area contributed by atoms with Crippen LogP contribution in [0.25, 0.3) is 0 Å². The van der Waals surface area contributed by atoms with E-state index in [1.807, 2.05) is 0 Å². The first kappa shape index (κ1) is 14.0. The molecule has 0 bridgehead atoms. The highest BCUT2D eigenvalue weighted by atomic mass is 16.7. The van der Waals surface area contributed by atoms with Crippen LogP contribution < -0.4 is 5.73 Å². The van der Waals surface area contributed by atoms with Gasteiger partial charge in [-0.15, -0.1) is 0 Å². The topological polar surface area (TPSA) is 47.7 Å². The molecular formula is C16H24N2O2. The van der Waals surface area contributed by atoms with Gasteiger partial charge < -0.3 is 15.2 Å². The summed E-state index contributed by atoms with van der Waals surface area (Å²) in [6.45, 7) is 6.06. The summed E-state index contributed by atoms with van der Waals surface area (Å²) in [5, 5.41) is 0. The zero-order valence-corrected chi connectivity index (χ0v) is 12.2. The molecule has 2 heterocycles. The largest absolute Gasteiger partial charge is 0.346 e.